The first kappa shape index (κ1) is 11.6. The van der Waals surface area contributed by atoms with E-state index in [9.17, 15) is 0 Å². The summed E-state index contributed by atoms with van der Waals surface area (Å²) in [5.74, 6) is 1.91. The molecule has 4 heteroatoms. The van der Waals surface area contributed by atoms with Gasteiger partial charge in [0.1, 0.15) is 11.5 Å². The summed E-state index contributed by atoms with van der Waals surface area (Å²) in [6.45, 7) is 7.11. The quantitative estimate of drug-likeness (QED) is 0.802. The van der Waals surface area contributed by atoms with Crippen LogP contribution in [0.4, 0.5) is 0 Å². The summed E-state index contributed by atoms with van der Waals surface area (Å²) < 4.78 is 10.9. The van der Waals surface area contributed by atoms with Crippen molar-refractivity contribution in [2.45, 2.75) is 26.4 Å². The first-order valence-corrected chi connectivity index (χ1v) is 5.69. The number of hydrogen-bond acceptors (Lipinski definition) is 4. The molecule has 2 unspecified atom stereocenters. The van der Waals surface area contributed by atoms with Crippen molar-refractivity contribution in [2.75, 3.05) is 19.8 Å². The minimum absolute atomic E-state index is 0.0433. The first-order valence-electron chi connectivity index (χ1n) is 5.69. The summed E-state index contributed by atoms with van der Waals surface area (Å²) in [6.07, 6.45) is 0. The van der Waals surface area contributed by atoms with Gasteiger partial charge in [0.2, 0.25) is 0 Å². The molecule has 0 amide bonds. The van der Waals surface area contributed by atoms with Gasteiger partial charge < -0.3 is 20.2 Å². The van der Waals surface area contributed by atoms with Crippen molar-refractivity contribution in [2.24, 2.45) is 11.1 Å². The highest BCUT2D eigenvalue weighted by atomic mass is 16.5. The van der Waals surface area contributed by atoms with Crippen LogP contribution >= 0.6 is 0 Å². The van der Waals surface area contributed by atoms with E-state index >= 15 is 0 Å². The van der Waals surface area contributed by atoms with Gasteiger partial charge in [-0.3, -0.25) is 0 Å². The van der Waals surface area contributed by atoms with Crippen molar-refractivity contribution in [3.05, 3.63) is 23.7 Å². The third kappa shape index (κ3) is 2.45. The third-order valence-corrected chi connectivity index (χ3v) is 3.25. The van der Waals surface area contributed by atoms with Crippen LogP contribution in [0.1, 0.15) is 18.4 Å². The van der Waals surface area contributed by atoms with Gasteiger partial charge in [-0.2, -0.15) is 0 Å². The Morgan fingerprint density at radius 1 is 1.56 bits per heavy atom. The summed E-state index contributed by atoms with van der Waals surface area (Å²) in [7, 11) is 0. The zero-order chi connectivity index (χ0) is 11.6. The molecule has 2 rings (SSSR count). The lowest BCUT2D eigenvalue weighted by Gasteiger charge is -2.26. The van der Waals surface area contributed by atoms with Gasteiger partial charge in [-0.05, 0) is 19.1 Å². The Morgan fingerprint density at radius 2 is 2.38 bits per heavy atom. The minimum Gasteiger partial charge on any atom is -0.465 e. The van der Waals surface area contributed by atoms with Gasteiger partial charge in [-0.25, -0.2) is 0 Å². The lowest BCUT2D eigenvalue weighted by Crippen LogP contribution is -2.45. The molecule has 3 N–H and O–H groups in total. The zero-order valence-electron chi connectivity index (χ0n) is 9.95. The van der Waals surface area contributed by atoms with Crippen molar-refractivity contribution < 1.29 is 9.15 Å². The van der Waals surface area contributed by atoms with Crippen molar-refractivity contribution in [3.8, 4) is 0 Å². The van der Waals surface area contributed by atoms with Crippen LogP contribution in [0.2, 0.25) is 0 Å². The second-order valence-corrected chi connectivity index (χ2v) is 4.89. The Morgan fingerprint density at radius 3 is 2.94 bits per heavy atom. The van der Waals surface area contributed by atoms with Gasteiger partial charge >= 0.3 is 0 Å². The van der Waals surface area contributed by atoms with Crippen molar-refractivity contribution in [1.82, 2.24) is 5.32 Å². The Hall–Kier alpha value is -0.840. The summed E-state index contributed by atoms with van der Waals surface area (Å²) in [5.41, 5.74) is 6.05. The Kier molecular flexibility index (Phi) is 3.33. The van der Waals surface area contributed by atoms with E-state index in [1.807, 2.05) is 19.1 Å². The van der Waals surface area contributed by atoms with E-state index in [1.165, 1.54) is 0 Å². The van der Waals surface area contributed by atoms with Crippen LogP contribution in [0.15, 0.2) is 16.5 Å². The van der Waals surface area contributed by atoms with Crippen molar-refractivity contribution >= 4 is 0 Å². The number of nitrogens with one attached hydrogen (secondary N) is 1. The monoisotopic (exact) mass is 224 g/mol. The second kappa shape index (κ2) is 4.57. The molecule has 1 aromatic heterocycles. The van der Waals surface area contributed by atoms with E-state index in [-0.39, 0.29) is 11.5 Å². The summed E-state index contributed by atoms with van der Waals surface area (Å²) in [5, 5.41) is 3.37. The van der Waals surface area contributed by atoms with Gasteiger partial charge in [0.05, 0.1) is 19.8 Å². The maximum absolute atomic E-state index is 6.01. The second-order valence-electron chi connectivity index (χ2n) is 4.89. The maximum atomic E-state index is 6.01. The molecule has 1 aliphatic heterocycles. The predicted octanol–water partition coefficient (Wildman–Crippen LogP) is 1.04. The number of ether oxygens (including phenoxy) is 1. The Bertz CT molecular complexity index is 351. The third-order valence-electron chi connectivity index (χ3n) is 3.25. The smallest absolute Gasteiger partial charge is 0.117 e. The molecule has 1 fully saturated rings. The van der Waals surface area contributed by atoms with E-state index in [0.29, 0.717) is 6.61 Å². The maximum Gasteiger partial charge on any atom is 0.117 e. The van der Waals surface area contributed by atoms with Gasteiger partial charge in [0, 0.05) is 18.0 Å². The molecule has 0 saturated carbocycles. The molecule has 2 heterocycles. The number of hydrogen-bond donors (Lipinski definition) is 2. The topological polar surface area (TPSA) is 60.4 Å². The molecule has 90 valence electrons. The molecule has 1 aliphatic rings. The molecular weight excluding hydrogens is 204 g/mol. The molecular formula is C12H20N2O2. The highest BCUT2D eigenvalue weighted by molar-refractivity contribution is 5.05. The molecule has 2 atom stereocenters. The predicted molar refractivity (Wildman–Crippen MR) is 62.1 cm³/mol. The number of furan rings is 1. The van der Waals surface area contributed by atoms with Crippen LogP contribution in [0.5, 0.6) is 0 Å². The number of rotatable bonds is 4. The van der Waals surface area contributed by atoms with Gasteiger partial charge in [0.15, 0.2) is 0 Å². The number of nitrogens with two attached hydrogens (primary N) is 1. The van der Waals surface area contributed by atoms with E-state index in [4.69, 9.17) is 14.9 Å². The Labute approximate surface area is 96.1 Å². The highest BCUT2D eigenvalue weighted by Gasteiger charge is 2.37. The van der Waals surface area contributed by atoms with Gasteiger partial charge in [-0.1, -0.05) is 6.92 Å². The first-order chi connectivity index (χ1) is 7.60. The lowest BCUT2D eigenvalue weighted by atomic mass is 9.86. The average molecular weight is 224 g/mol. The average Bonchev–Trinajstić information content (AvgIpc) is 2.76. The molecule has 1 saturated heterocycles. The van der Waals surface area contributed by atoms with E-state index < -0.39 is 0 Å². The molecule has 0 radical (unpaired) electrons. The standard InChI is InChI=1S/C12H20N2O2/c1-9-3-4-10(16-9)5-14-7-12(2)8-15-6-11(12)13/h3-4,11,14H,5-8,13H2,1-2H3. The van der Waals surface area contributed by atoms with Crippen LogP contribution in [0, 0.1) is 12.3 Å². The largest absolute Gasteiger partial charge is 0.465 e. The van der Waals surface area contributed by atoms with Gasteiger partial charge in [0.25, 0.3) is 0 Å². The summed E-state index contributed by atoms with van der Waals surface area (Å²) in [6, 6.07) is 4.09. The molecule has 0 aliphatic carbocycles. The van der Waals surface area contributed by atoms with Crippen LogP contribution in [0.3, 0.4) is 0 Å². The van der Waals surface area contributed by atoms with Crippen molar-refractivity contribution in [3.63, 3.8) is 0 Å². The normalized spacial score (nSPS) is 29.8. The van der Waals surface area contributed by atoms with E-state index in [0.717, 1.165) is 31.2 Å². The zero-order valence-corrected chi connectivity index (χ0v) is 9.95. The highest BCUT2D eigenvalue weighted by Crippen LogP contribution is 2.25. The Balaban J connectivity index is 1.79. The lowest BCUT2D eigenvalue weighted by molar-refractivity contribution is 0.157. The SMILES string of the molecule is Cc1ccc(CNCC2(C)COCC2N)o1. The molecule has 16 heavy (non-hydrogen) atoms. The van der Waals surface area contributed by atoms with Crippen LogP contribution in [0.25, 0.3) is 0 Å². The fourth-order valence-electron chi connectivity index (χ4n) is 1.96. The van der Waals surface area contributed by atoms with Crippen LogP contribution in [-0.2, 0) is 11.3 Å². The molecule has 0 aromatic carbocycles. The minimum atomic E-state index is 0.0433. The molecule has 4 nitrogen and oxygen atoms in total. The van der Waals surface area contributed by atoms with Gasteiger partial charge in [-0.15, -0.1) is 0 Å². The van der Waals surface area contributed by atoms with Crippen LogP contribution in [-0.4, -0.2) is 25.8 Å². The molecule has 0 bridgehead atoms. The molecule has 1 aromatic rings. The van der Waals surface area contributed by atoms with E-state index in [2.05, 4.69) is 12.2 Å². The summed E-state index contributed by atoms with van der Waals surface area (Å²) >= 11 is 0. The summed E-state index contributed by atoms with van der Waals surface area (Å²) in [4.78, 5) is 0. The van der Waals surface area contributed by atoms with E-state index in [1.54, 1.807) is 0 Å². The molecule has 0 spiro atoms. The van der Waals surface area contributed by atoms with Crippen molar-refractivity contribution in [1.29, 1.82) is 0 Å². The number of aryl methyl sites for hydroxylation is 1. The van der Waals surface area contributed by atoms with Crippen LogP contribution < -0.4 is 11.1 Å². The fourth-order valence-corrected chi connectivity index (χ4v) is 1.96. The fraction of sp³-hybridized carbons (Fsp3) is 0.667.